The molecule has 0 spiro atoms. The summed E-state index contributed by atoms with van der Waals surface area (Å²) < 4.78 is 7.41. The highest BCUT2D eigenvalue weighted by atomic mass is 16.5. The topological polar surface area (TPSA) is 52.0 Å². The minimum Gasteiger partial charge on any atom is -0.379 e. The van der Waals surface area contributed by atoms with Gasteiger partial charge in [0, 0.05) is 12.7 Å². The van der Waals surface area contributed by atoms with Gasteiger partial charge < -0.3 is 10.1 Å². The van der Waals surface area contributed by atoms with Crippen molar-refractivity contribution in [2.75, 3.05) is 26.3 Å². The lowest BCUT2D eigenvalue weighted by molar-refractivity contribution is 0.0822. The summed E-state index contributed by atoms with van der Waals surface area (Å²) >= 11 is 0. The van der Waals surface area contributed by atoms with Crippen LogP contribution < -0.4 is 5.32 Å². The van der Waals surface area contributed by atoms with Crippen molar-refractivity contribution in [2.24, 2.45) is 5.92 Å². The Morgan fingerprint density at radius 2 is 2.53 bits per heavy atom. The molecule has 0 aromatic carbocycles. The van der Waals surface area contributed by atoms with Crippen molar-refractivity contribution in [3.05, 3.63) is 12.4 Å². The molecule has 5 heteroatoms. The van der Waals surface area contributed by atoms with E-state index in [1.54, 1.807) is 10.9 Å². The molecule has 1 fully saturated rings. The lowest BCUT2D eigenvalue weighted by Gasteiger charge is -2.22. The number of hydrogen-bond acceptors (Lipinski definition) is 4. The van der Waals surface area contributed by atoms with E-state index in [2.05, 4.69) is 15.6 Å². The van der Waals surface area contributed by atoms with Gasteiger partial charge in [-0.2, -0.15) is 0 Å². The Bertz CT molecular complexity index is 256. The van der Waals surface area contributed by atoms with Crippen molar-refractivity contribution < 1.29 is 4.74 Å². The SMILES string of the molecule is c1cn(CCOC[C@H]2CCCNC2)nn1. The molecule has 0 amide bonds. The van der Waals surface area contributed by atoms with E-state index in [9.17, 15) is 0 Å². The molecule has 1 atom stereocenters. The minimum absolute atomic E-state index is 0.689. The van der Waals surface area contributed by atoms with Gasteiger partial charge in [0.15, 0.2) is 0 Å². The Balaban J connectivity index is 1.54. The van der Waals surface area contributed by atoms with Gasteiger partial charge in [-0.3, -0.25) is 4.68 Å². The van der Waals surface area contributed by atoms with Gasteiger partial charge in [0.05, 0.1) is 26.0 Å². The van der Waals surface area contributed by atoms with Crippen LogP contribution in [0.25, 0.3) is 0 Å². The summed E-state index contributed by atoms with van der Waals surface area (Å²) in [4.78, 5) is 0. The van der Waals surface area contributed by atoms with E-state index in [0.717, 1.165) is 32.8 Å². The number of rotatable bonds is 5. The molecule has 0 bridgehead atoms. The van der Waals surface area contributed by atoms with Crippen LogP contribution in [0.15, 0.2) is 12.4 Å². The fraction of sp³-hybridized carbons (Fsp3) is 0.800. The molecule has 2 rings (SSSR count). The van der Waals surface area contributed by atoms with Gasteiger partial charge in [-0.05, 0) is 25.3 Å². The smallest absolute Gasteiger partial charge is 0.0692 e. The fourth-order valence-electron chi connectivity index (χ4n) is 1.83. The number of aromatic nitrogens is 3. The maximum absolute atomic E-state index is 5.62. The molecule has 1 aliphatic rings. The van der Waals surface area contributed by atoms with Crippen LogP contribution in [0.4, 0.5) is 0 Å². The third kappa shape index (κ3) is 3.60. The standard InChI is InChI=1S/C10H18N4O/c1-2-10(8-11-3-1)9-15-7-6-14-5-4-12-13-14/h4-5,10-11H,1-3,6-9H2/t10-/m0/s1. The Kier molecular flexibility index (Phi) is 4.11. The summed E-state index contributed by atoms with van der Waals surface area (Å²) in [5, 5.41) is 11.0. The minimum atomic E-state index is 0.689. The first-order chi connectivity index (χ1) is 7.45. The summed E-state index contributed by atoms with van der Waals surface area (Å²) in [6.07, 6.45) is 6.10. The maximum Gasteiger partial charge on any atom is 0.0692 e. The first kappa shape index (κ1) is 10.6. The monoisotopic (exact) mass is 210 g/mol. The van der Waals surface area contributed by atoms with Crippen LogP contribution in [0.3, 0.4) is 0 Å². The number of nitrogens with zero attached hydrogens (tertiary/aromatic N) is 3. The summed E-state index contributed by atoms with van der Waals surface area (Å²) in [7, 11) is 0. The molecule has 1 aromatic rings. The molecule has 84 valence electrons. The van der Waals surface area contributed by atoms with Crippen molar-refractivity contribution in [3.63, 3.8) is 0 Å². The third-order valence-electron chi connectivity index (χ3n) is 2.69. The van der Waals surface area contributed by atoms with Crippen molar-refractivity contribution in [3.8, 4) is 0 Å². The summed E-state index contributed by atoms with van der Waals surface area (Å²) in [6.45, 7) is 4.64. The number of ether oxygens (including phenoxy) is 1. The van der Waals surface area contributed by atoms with Crippen molar-refractivity contribution in [1.29, 1.82) is 0 Å². The average molecular weight is 210 g/mol. The maximum atomic E-state index is 5.62. The molecule has 5 nitrogen and oxygen atoms in total. The van der Waals surface area contributed by atoms with Crippen molar-refractivity contribution in [2.45, 2.75) is 19.4 Å². The predicted octanol–water partition coefficient (Wildman–Crippen LogP) is 0.294. The lowest BCUT2D eigenvalue weighted by atomic mass is 10.0. The third-order valence-corrected chi connectivity index (χ3v) is 2.69. The van der Waals surface area contributed by atoms with Gasteiger partial charge in [-0.1, -0.05) is 5.21 Å². The molecular weight excluding hydrogens is 192 g/mol. The number of nitrogens with one attached hydrogen (secondary N) is 1. The van der Waals surface area contributed by atoms with E-state index in [4.69, 9.17) is 4.74 Å². The summed E-state index contributed by atoms with van der Waals surface area (Å²) in [6, 6.07) is 0. The zero-order valence-corrected chi connectivity index (χ0v) is 8.93. The van der Waals surface area contributed by atoms with E-state index in [1.165, 1.54) is 12.8 Å². The fourth-order valence-corrected chi connectivity index (χ4v) is 1.83. The Morgan fingerprint density at radius 1 is 1.53 bits per heavy atom. The molecule has 0 radical (unpaired) electrons. The second kappa shape index (κ2) is 5.82. The average Bonchev–Trinajstić information content (AvgIpc) is 2.79. The van der Waals surface area contributed by atoms with Gasteiger partial charge in [0.25, 0.3) is 0 Å². The second-order valence-electron chi connectivity index (χ2n) is 3.95. The van der Waals surface area contributed by atoms with E-state index in [0.29, 0.717) is 5.92 Å². The molecule has 1 aliphatic heterocycles. The van der Waals surface area contributed by atoms with E-state index >= 15 is 0 Å². The molecule has 0 unspecified atom stereocenters. The molecule has 0 saturated carbocycles. The molecule has 15 heavy (non-hydrogen) atoms. The van der Waals surface area contributed by atoms with Crippen LogP contribution in [0.5, 0.6) is 0 Å². The second-order valence-corrected chi connectivity index (χ2v) is 3.95. The summed E-state index contributed by atoms with van der Waals surface area (Å²) in [5.41, 5.74) is 0. The summed E-state index contributed by atoms with van der Waals surface area (Å²) in [5.74, 6) is 0.689. The van der Waals surface area contributed by atoms with Crippen LogP contribution in [0.1, 0.15) is 12.8 Å². The normalized spacial score (nSPS) is 21.7. The Labute approximate surface area is 89.8 Å². The first-order valence-electron chi connectivity index (χ1n) is 5.58. The highest BCUT2D eigenvalue weighted by molar-refractivity contribution is 4.68. The van der Waals surface area contributed by atoms with Gasteiger partial charge in [0.2, 0.25) is 0 Å². The van der Waals surface area contributed by atoms with Gasteiger partial charge in [-0.15, -0.1) is 5.10 Å². The van der Waals surface area contributed by atoms with Crippen molar-refractivity contribution >= 4 is 0 Å². The zero-order chi connectivity index (χ0) is 10.3. The van der Waals surface area contributed by atoms with E-state index in [-0.39, 0.29) is 0 Å². The van der Waals surface area contributed by atoms with Crippen LogP contribution in [-0.2, 0) is 11.3 Å². The number of hydrogen-bond donors (Lipinski definition) is 1. The van der Waals surface area contributed by atoms with Crippen LogP contribution in [0.2, 0.25) is 0 Å². The molecule has 0 aliphatic carbocycles. The van der Waals surface area contributed by atoms with Crippen LogP contribution in [0, 0.1) is 5.92 Å². The number of piperidine rings is 1. The largest absolute Gasteiger partial charge is 0.379 e. The van der Waals surface area contributed by atoms with E-state index < -0.39 is 0 Å². The Hall–Kier alpha value is -0.940. The molecular formula is C10H18N4O. The Morgan fingerprint density at radius 3 is 3.27 bits per heavy atom. The van der Waals surface area contributed by atoms with Gasteiger partial charge in [0.1, 0.15) is 0 Å². The zero-order valence-electron chi connectivity index (χ0n) is 8.93. The molecule has 2 heterocycles. The molecule has 1 saturated heterocycles. The van der Waals surface area contributed by atoms with Crippen LogP contribution >= 0.6 is 0 Å². The molecule has 1 aromatic heterocycles. The molecule has 1 N–H and O–H groups in total. The quantitative estimate of drug-likeness (QED) is 0.710. The van der Waals surface area contributed by atoms with Crippen LogP contribution in [-0.4, -0.2) is 41.3 Å². The highest BCUT2D eigenvalue weighted by Crippen LogP contribution is 2.09. The highest BCUT2D eigenvalue weighted by Gasteiger charge is 2.12. The van der Waals surface area contributed by atoms with E-state index in [1.807, 2.05) is 6.20 Å². The van der Waals surface area contributed by atoms with Crippen molar-refractivity contribution in [1.82, 2.24) is 20.3 Å². The van der Waals surface area contributed by atoms with Gasteiger partial charge >= 0.3 is 0 Å². The lowest BCUT2D eigenvalue weighted by Crippen LogP contribution is -2.32. The first-order valence-corrected chi connectivity index (χ1v) is 5.58. The van der Waals surface area contributed by atoms with Gasteiger partial charge in [-0.25, -0.2) is 0 Å². The predicted molar refractivity (Wildman–Crippen MR) is 56.4 cm³/mol.